The number of ether oxygens (including phenoxy) is 4. The van der Waals surface area contributed by atoms with Gasteiger partial charge in [0.1, 0.15) is 19.3 Å². The van der Waals surface area contributed by atoms with Crippen molar-refractivity contribution in [3.8, 4) is 0 Å². The Hall–Kier alpha value is -1.94. The summed E-state index contributed by atoms with van der Waals surface area (Å²) in [5, 5.41) is 10.5. The minimum atomic E-state index is -4.95. The quantitative estimate of drug-likeness (QED) is 0.0222. The van der Waals surface area contributed by atoms with Crippen LogP contribution in [0.1, 0.15) is 349 Å². The van der Waals surface area contributed by atoms with Crippen LogP contribution in [-0.4, -0.2) is 96.7 Å². The Morgan fingerprint density at radius 1 is 0.279 bits per heavy atom. The lowest BCUT2D eigenvalue weighted by molar-refractivity contribution is -0.161. The molecule has 0 aromatic carbocycles. The molecule has 0 aliphatic carbocycles. The Balaban J connectivity index is 5.14. The van der Waals surface area contributed by atoms with Gasteiger partial charge in [-0.25, -0.2) is 9.13 Å². The topological polar surface area (TPSA) is 237 Å². The molecular formula is C67H130O17P2. The molecular weight excluding hydrogens is 1140 g/mol. The van der Waals surface area contributed by atoms with Crippen LogP contribution in [0.4, 0.5) is 0 Å². The summed E-state index contributed by atoms with van der Waals surface area (Å²) in [6.45, 7) is 4.84. The summed E-state index contributed by atoms with van der Waals surface area (Å²) in [7, 11) is -9.88. The van der Waals surface area contributed by atoms with Crippen LogP contribution in [0.25, 0.3) is 0 Å². The third kappa shape index (κ3) is 60.9. The van der Waals surface area contributed by atoms with Crippen molar-refractivity contribution >= 4 is 39.5 Å². The zero-order chi connectivity index (χ0) is 63.3. The van der Waals surface area contributed by atoms with E-state index in [-0.39, 0.29) is 25.7 Å². The van der Waals surface area contributed by atoms with Gasteiger partial charge in [0.25, 0.3) is 0 Å². The Morgan fingerprint density at radius 3 is 0.686 bits per heavy atom. The predicted octanol–water partition coefficient (Wildman–Crippen LogP) is 19.1. The van der Waals surface area contributed by atoms with Crippen LogP contribution < -0.4 is 0 Å². The number of carbonyl (C=O) groups excluding carboxylic acids is 4. The largest absolute Gasteiger partial charge is 0.472 e. The maximum atomic E-state index is 13.0. The first-order valence-electron chi connectivity index (χ1n) is 35.3. The molecule has 19 heteroatoms. The van der Waals surface area contributed by atoms with Crippen molar-refractivity contribution in [2.75, 3.05) is 39.6 Å². The molecule has 510 valence electrons. The molecule has 0 bridgehead atoms. The number of phosphoric ester groups is 2. The normalized spacial score (nSPS) is 14.1. The van der Waals surface area contributed by atoms with E-state index < -0.39 is 97.5 Å². The van der Waals surface area contributed by atoms with Gasteiger partial charge in [0, 0.05) is 25.7 Å². The summed E-state index contributed by atoms with van der Waals surface area (Å²) < 4.78 is 67.9. The van der Waals surface area contributed by atoms with E-state index in [4.69, 9.17) is 37.0 Å². The van der Waals surface area contributed by atoms with Crippen LogP contribution in [0, 0.1) is 0 Å². The van der Waals surface area contributed by atoms with E-state index in [0.717, 1.165) is 116 Å². The molecule has 86 heavy (non-hydrogen) atoms. The van der Waals surface area contributed by atoms with Gasteiger partial charge in [-0.1, -0.05) is 297 Å². The first-order valence-corrected chi connectivity index (χ1v) is 38.3. The summed E-state index contributed by atoms with van der Waals surface area (Å²) in [4.78, 5) is 72.1. The van der Waals surface area contributed by atoms with Gasteiger partial charge < -0.3 is 33.8 Å². The van der Waals surface area contributed by atoms with Crippen LogP contribution in [0.3, 0.4) is 0 Å². The molecule has 0 rings (SSSR count). The Morgan fingerprint density at radius 2 is 0.465 bits per heavy atom. The highest BCUT2D eigenvalue weighted by Gasteiger charge is 2.30. The average molecular weight is 1270 g/mol. The van der Waals surface area contributed by atoms with Crippen molar-refractivity contribution in [3.63, 3.8) is 0 Å². The molecule has 0 spiro atoms. The van der Waals surface area contributed by atoms with Crippen molar-refractivity contribution in [3.05, 3.63) is 0 Å². The molecule has 0 saturated heterocycles. The maximum Gasteiger partial charge on any atom is 0.472 e. The number of aliphatic hydroxyl groups is 1. The van der Waals surface area contributed by atoms with E-state index in [1.165, 1.54) is 154 Å². The van der Waals surface area contributed by atoms with E-state index in [2.05, 4.69) is 27.7 Å². The van der Waals surface area contributed by atoms with Crippen LogP contribution in [0.2, 0.25) is 0 Å². The number of esters is 4. The minimum Gasteiger partial charge on any atom is -0.462 e. The standard InChI is InChI=1S/C67H130O17P2/c1-5-9-13-17-21-23-25-27-29-30-31-32-34-36-38-42-46-50-54-67(72)84-63(58-78-65(70)52-48-44-41-37-35-33-28-26-24-22-18-14-10-6-2)60-82-86(75,76)80-56-61(68)55-79-85(73,74)81-59-62(83-66(71)53-49-45-40-20-16-12-8-4)57-77-64(69)51-47-43-39-19-15-11-7-3/h61-63,68H,5-60H2,1-4H3,(H,73,74)(H,75,76)/t61-,62+,63+/m0/s1. The molecule has 0 aromatic rings. The van der Waals surface area contributed by atoms with Gasteiger partial charge in [-0.3, -0.25) is 37.3 Å². The third-order valence-electron chi connectivity index (χ3n) is 15.6. The van der Waals surface area contributed by atoms with E-state index in [1.54, 1.807) is 0 Å². The number of unbranched alkanes of at least 4 members (excludes halogenated alkanes) is 42. The third-order valence-corrected chi connectivity index (χ3v) is 17.5. The van der Waals surface area contributed by atoms with Crippen LogP contribution >= 0.6 is 15.6 Å². The summed E-state index contributed by atoms with van der Waals surface area (Å²) in [5.74, 6) is -2.13. The molecule has 0 fully saturated rings. The molecule has 3 N–H and O–H groups in total. The number of aliphatic hydroxyl groups excluding tert-OH is 1. The van der Waals surface area contributed by atoms with Crippen molar-refractivity contribution < 1.29 is 80.2 Å². The molecule has 0 heterocycles. The SMILES string of the molecule is CCCCCCCCCCCCCCCCCCCCC(=O)O[C@H](COC(=O)CCCCCCCCCCCCCCCC)COP(=O)(O)OC[C@@H](O)COP(=O)(O)OC[C@@H](COC(=O)CCCCCCCCC)OC(=O)CCCCCCCCC. The van der Waals surface area contributed by atoms with E-state index in [9.17, 15) is 43.2 Å². The van der Waals surface area contributed by atoms with Crippen molar-refractivity contribution in [2.45, 2.75) is 367 Å². The number of carbonyl (C=O) groups is 4. The minimum absolute atomic E-state index is 0.104. The highest BCUT2D eigenvalue weighted by atomic mass is 31.2. The van der Waals surface area contributed by atoms with Gasteiger partial charge in [0.05, 0.1) is 26.4 Å². The molecule has 0 aliphatic heterocycles. The molecule has 0 amide bonds. The van der Waals surface area contributed by atoms with Gasteiger partial charge in [-0.15, -0.1) is 0 Å². The highest BCUT2D eigenvalue weighted by molar-refractivity contribution is 7.47. The number of rotatable bonds is 68. The van der Waals surface area contributed by atoms with Gasteiger partial charge in [0.2, 0.25) is 0 Å². The Labute approximate surface area is 524 Å². The predicted molar refractivity (Wildman–Crippen MR) is 345 cm³/mol. The molecule has 0 radical (unpaired) electrons. The first-order chi connectivity index (χ1) is 41.7. The fourth-order valence-corrected chi connectivity index (χ4v) is 11.7. The lowest BCUT2D eigenvalue weighted by atomic mass is 10.0. The lowest BCUT2D eigenvalue weighted by Gasteiger charge is -2.21. The second-order valence-corrected chi connectivity index (χ2v) is 27.1. The Bertz CT molecular complexity index is 1650. The van der Waals surface area contributed by atoms with E-state index in [0.29, 0.717) is 25.7 Å². The summed E-state index contributed by atoms with van der Waals surface area (Å²) in [5.41, 5.74) is 0. The fourth-order valence-electron chi connectivity index (χ4n) is 10.2. The number of hydrogen-bond donors (Lipinski definition) is 3. The summed E-state index contributed by atoms with van der Waals surface area (Å²) in [6.07, 6.45) is 48.9. The van der Waals surface area contributed by atoms with Gasteiger partial charge in [-0.2, -0.15) is 0 Å². The van der Waals surface area contributed by atoms with Crippen LogP contribution in [-0.2, 0) is 65.4 Å². The molecule has 5 atom stereocenters. The monoisotopic (exact) mass is 1270 g/mol. The second-order valence-electron chi connectivity index (χ2n) is 24.2. The fraction of sp³-hybridized carbons (Fsp3) is 0.940. The molecule has 0 saturated carbocycles. The smallest absolute Gasteiger partial charge is 0.462 e. The molecule has 0 aromatic heterocycles. The summed E-state index contributed by atoms with van der Waals surface area (Å²) >= 11 is 0. The van der Waals surface area contributed by atoms with Crippen molar-refractivity contribution in [1.29, 1.82) is 0 Å². The number of hydrogen-bond acceptors (Lipinski definition) is 15. The molecule has 0 aliphatic rings. The maximum absolute atomic E-state index is 13.0. The average Bonchev–Trinajstić information content (AvgIpc) is 3.70. The van der Waals surface area contributed by atoms with Gasteiger partial charge >= 0.3 is 39.5 Å². The van der Waals surface area contributed by atoms with Crippen LogP contribution in [0.5, 0.6) is 0 Å². The van der Waals surface area contributed by atoms with Crippen LogP contribution in [0.15, 0.2) is 0 Å². The second kappa shape index (κ2) is 61.9. The molecule has 17 nitrogen and oxygen atoms in total. The van der Waals surface area contributed by atoms with E-state index in [1.807, 2.05) is 0 Å². The number of phosphoric acid groups is 2. The Kier molecular flexibility index (Phi) is 60.5. The van der Waals surface area contributed by atoms with E-state index >= 15 is 0 Å². The molecule has 2 unspecified atom stereocenters. The highest BCUT2D eigenvalue weighted by Crippen LogP contribution is 2.45. The first kappa shape index (κ1) is 84.1. The van der Waals surface area contributed by atoms with Gasteiger partial charge in [-0.05, 0) is 25.7 Å². The van der Waals surface area contributed by atoms with Crippen molar-refractivity contribution in [2.24, 2.45) is 0 Å². The van der Waals surface area contributed by atoms with Gasteiger partial charge in [0.15, 0.2) is 12.2 Å². The lowest BCUT2D eigenvalue weighted by Crippen LogP contribution is -2.30. The zero-order valence-corrected chi connectivity index (χ0v) is 57.1. The zero-order valence-electron chi connectivity index (χ0n) is 55.3. The van der Waals surface area contributed by atoms with Crippen molar-refractivity contribution in [1.82, 2.24) is 0 Å². The summed E-state index contributed by atoms with van der Waals surface area (Å²) in [6, 6.07) is 0.